The lowest BCUT2D eigenvalue weighted by molar-refractivity contribution is -0.121. The van der Waals surface area contributed by atoms with Crippen molar-refractivity contribution in [2.45, 2.75) is 33.4 Å². The topological polar surface area (TPSA) is 65.4 Å². The molecular formula is C17H22ClN3O3. The molecule has 0 spiro atoms. The number of hydrogen-bond acceptors (Lipinski definition) is 4. The number of hydrogen-bond donors (Lipinski definition) is 1. The van der Waals surface area contributed by atoms with Crippen molar-refractivity contribution in [2.24, 2.45) is 0 Å². The zero-order chi connectivity index (χ0) is 17.4. The lowest BCUT2D eigenvalue weighted by Gasteiger charge is -2.13. The highest BCUT2D eigenvalue weighted by Crippen LogP contribution is 2.28. The van der Waals surface area contributed by atoms with Crippen molar-refractivity contribution in [1.29, 1.82) is 0 Å². The molecule has 1 amide bonds. The van der Waals surface area contributed by atoms with Crippen molar-refractivity contribution in [3.8, 4) is 11.5 Å². The fraction of sp³-hybridized carbons (Fsp3) is 0.412. The molecule has 0 aliphatic rings. The first kappa shape index (κ1) is 18.1. The molecule has 130 valence electrons. The summed E-state index contributed by atoms with van der Waals surface area (Å²) < 4.78 is 12.8. The standard InChI is InChI=1S/C17H22ClN3O3/c1-3-23-15-6-5-13(9-16(15)24-4-2)10-19-17(22)7-8-21-12-14(18)11-20-21/h5-6,9,11-12H,3-4,7-8,10H2,1-2H3,(H,19,22). The molecule has 2 aromatic rings. The largest absolute Gasteiger partial charge is 0.490 e. The maximum absolute atomic E-state index is 11.9. The van der Waals surface area contributed by atoms with Crippen LogP contribution in [-0.4, -0.2) is 28.9 Å². The van der Waals surface area contributed by atoms with E-state index in [0.717, 1.165) is 5.56 Å². The van der Waals surface area contributed by atoms with Crippen LogP contribution in [0.25, 0.3) is 0 Å². The minimum atomic E-state index is -0.0477. The van der Waals surface area contributed by atoms with Crippen molar-refractivity contribution in [1.82, 2.24) is 15.1 Å². The number of carbonyl (C=O) groups excluding carboxylic acids is 1. The molecule has 1 aromatic carbocycles. The first-order chi connectivity index (χ1) is 11.6. The molecule has 1 heterocycles. The number of aryl methyl sites for hydroxylation is 1. The Morgan fingerprint density at radius 3 is 2.67 bits per heavy atom. The second-order valence-electron chi connectivity index (χ2n) is 5.10. The Morgan fingerprint density at radius 2 is 2.00 bits per heavy atom. The summed E-state index contributed by atoms with van der Waals surface area (Å²) in [5, 5.41) is 7.49. The highest BCUT2D eigenvalue weighted by atomic mass is 35.5. The van der Waals surface area contributed by atoms with Gasteiger partial charge in [-0.1, -0.05) is 17.7 Å². The van der Waals surface area contributed by atoms with Crippen LogP contribution in [0.3, 0.4) is 0 Å². The summed E-state index contributed by atoms with van der Waals surface area (Å²) in [6.07, 6.45) is 3.58. The smallest absolute Gasteiger partial charge is 0.222 e. The van der Waals surface area contributed by atoms with Gasteiger partial charge in [0.15, 0.2) is 11.5 Å². The van der Waals surface area contributed by atoms with E-state index in [4.69, 9.17) is 21.1 Å². The van der Waals surface area contributed by atoms with E-state index in [1.807, 2.05) is 32.0 Å². The highest BCUT2D eigenvalue weighted by Gasteiger charge is 2.08. The van der Waals surface area contributed by atoms with E-state index in [1.165, 1.54) is 0 Å². The average Bonchev–Trinajstić information content (AvgIpc) is 2.99. The number of nitrogens with zero attached hydrogens (tertiary/aromatic N) is 2. The van der Waals surface area contributed by atoms with E-state index >= 15 is 0 Å². The molecule has 1 N–H and O–H groups in total. The molecule has 24 heavy (non-hydrogen) atoms. The Kier molecular flexibility index (Phi) is 6.93. The fourth-order valence-corrected chi connectivity index (χ4v) is 2.33. The molecule has 0 bridgehead atoms. The minimum absolute atomic E-state index is 0.0477. The normalized spacial score (nSPS) is 10.5. The molecule has 7 heteroatoms. The Hall–Kier alpha value is -2.21. The van der Waals surface area contributed by atoms with Gasteiger partial charge in [-0.25, -0.2) is 0 Å². The van der Waals surface area contributed by atoms with E-state index in [1.54, 1.807) is 17.1 Å². The molecule has 0 fully saturated rings. The van der Waals surface area contributed by atoms with Crippen LogP contribution in [0.5, 0.6) is 11.5 Å². The molecule has 0 aliphatic carbocycles. The molecule has 2 rings (SSSR count). The van der Waals surface area contributed by atoms with Gasteiger partial charge >= 0.3 is 0 Å². The Balaban J connectivity index is 1.86. The van der Waals surface area contributed by atoms with Crippen LogP contribution in [0.2, 0.25) is 5.02 Å². The second-order valence-corrected chi connectivity index (χ2v) is 5.53. The van der Waals surface area contributed by atoms with Crippen molar-refractivity contribution < 1.29 is 14.3 Å². The Labute approximate surface area is 146 Å². The minimum Gasteiger partial charge on any atom is -0.490 e. The van der Waals surface area contributed by atoms with Gasteiger partial charge < -0.3 is 14.8 Å². The predicted molar refractivity (Wildman–Crippen MR) is 92.5 cm³/mol. The fourth-order valence-electron chi connectivity index (χ4n) is 2.17. The first-order valence-electron chi connectivity index (χ1n) is 7.95. The predicted octanol–water partition coefficient (Wildman–Crippen LogP) is 3.04. The average molecular weight is 352 g/mol. The van der Waals surface area contributed by atoms with Crippen molar-refractivity contribution in [3.05, 3.63) is 41.2 Å². The van der Waals surface area contributed by atoms with E-state index in [0.29, 0.717) is 49.2 Å². The molecule has 0 atom stereocenters. The Morgan fingerprint density at radius 1 is 1.25 bits per heavy atom. The van der Waals surface area contributed by atoms with Gasteiger partial charge in [-0.05, 0) is 31.5 Å². The lowest BCUT2D eigenvalue weighted by atomic mass is 10.2. The van der Waals surface area contributed by atoms with Gasteiger partial charge in [0, 0.05) is 25.7 Å². The third-order valence-electron chi connectivity index (χ3n) is 3.27. The molecule has 0 aliphatic heterocycles. The molecule has 0 saturated carbocycles. The number of amides is 1. The van der Waals surface area contributed by atoms with Crippen LogP contribution in [0.4, 0.5) is 0 Å². The van der Waals surface area contributed by atoms with Gasteiger partial charge in [-0.15, -0.1) is 0 Å². The van der Waals surface area contributed by atoms with Crippen LogP contribution in [0.1, 0.15) is 25.8 Å². The summed E-state index contributed by atoms with van der Waals surface area (Å²) in [5.41, 5.74) is 0.956. The van der Waals surface area contributed by atoms with Crippen LogP contribution in [0.15, 0.2) is 30.6 Å². The quantitative estimate of drug-likeness (QED) is 0.754. The third kappa shape index (κ3) is 5.45. The molecule has 0 radical (unpaired) electrons. The van der Waals surface area contributed by atoms with Crippen LogP contribution >= 0.6 is 11.6 Å². The zero-order valence-electron chi connectivity index (χ0n) is 13.9. The molecule has 6 nitrogen and oxygen atoms in total. The number of halogens is 1. The summed E-state index contributed by atoms with van der Waals surface area (Å²) in [4.78, 5) is 11.9. The molecule has 0 unspecified atom stereocenters. The van der Waals surface area contributed by atoms with Gasteiger partial charge in [-0.2, -0.15) is 5.10 Å². The summed E-state index contributed by atoms with van der Waals surface area (Å²) in [6, 6.07) is 5.67. The SMILES string of the molecule is CCOc1ccc(CNC(=O)CCn2cc(Cl)cn2)cc1OCC. The number of carbonyl (C=O) groups is 1. The van der Waals surface area contributed by atoms with Crippen molar-refractivity contribution in [2.75, 3.05) is 13.2 Å². The van der Waals surface area contributed by atoms with E-state index in [-0.39, 0.29) is 5.91 Å². The van der Waals surface area contributed by atoms with Gasteiger partial charge in [-0.3, -0.25) is 9.48 Å². The van der Waals surface area contributed by atoms with Crippen LogP contribution in [0, 0.1) is 0 Å². The third-order valence-corrected chi connectivity index (χ3v) is 3.46. The lowest BCUT2D eigenvalue weighted by Crippen LogP contribution is -2.24. The monoisotopic (exact) mass is 351 g/mol. The maximum atomic E-state index is 11.9. The number of rotatable bonds is 9. The Bertz CT molecular complexity index is 673. The van der Waals surface area contributed by atoms with Gasteiger partial charge in [0.1, 0.15) is 0 Å². The zero-order valence-corrected chi connectivity index (χ0v) is 14.7. The van der Waals surface area contributed by atoms with Gasteiger partial charge in [0.05, 0.1) is 24.4 Å². The van der Waals surface area contributed by atoms with E-state index < -0.39 is 0 Å². The maximum Gasteiger partial charge on any atom is 0.222 e. The highest BCUT2D eigenvalue weighted by molar-refractivity contribution is 6.30. The molecular weight excluding hydrogens is 330 g/mol. The molecule has 1 aromatic heterocycles. The van der Waals surface area contributed by atoms with Gasteiger partial charge in [0.25, 0.3) is 0 Å². The number of ether oxygens (including phenoxy) is 2. The second kappa shape index (κ2) is 9.17. The molecule has 0 saturated heterocycles. The van der Waals surface area contributed by atoms with E-state index in [9.17, 15) is 4.79 Å². The van der Waals surface area contributed by atoms with Crippen LogP contribution in [-0.2, 0) is 17.9 Å². The number of aromatic nitrogens is 2. The van der Waals surface area contributed by atoms with Crippen molar-refractivity contribution >= 4 is 17.5 Å². The summed E-state index contributed by atoms with van der Waals surface area (Å²) >= 11 is 5.79. The summed E-state index contributed by atoms with van der Waals surface area (Å²) in [7, 11) is 0. The summed E-state index contributed by atoms with van der Waals surface area (Å²) in [5.74, 6) is 1.36. The van der Waals surface area contributed by atoms with E-state index in [2.05, 4.69) is 10.4 Å². The van der Waals surface area contributed by atoms with Crippen LogP contribution < -0.4 is 14.8 Å². The number of benzene rings is 1. The summed E-state index contributed by atoms with van der Waals surface area (Å²) in [6.45, 7) is 5.91. The number of nitrogens with one attached hydrogen (secondary N) is 1. The van der Waals surface area contributed by atoms with Crippen molar-refractivity contribution in [3.63, 3.8) is 0 Å². The first-order valence-corrected chi connectivity index (χ1v) is 8.33. The van der Waals surface area contributed by atoms with Gasteiger partial charge in [0.2, 0.25) is 5.91 Å².